The van der Waals surface area contributed by atoms with E-state index in [0.717, 1.165) is 76.2 Å². The van der Waals surface area contributed by atoms with Crippen molar-refractivity contribution in [1.29, 1.82) is 0 Å². The first kappa shape index (κ1) is 18.5. The summed E-state index contributed by atoms with van der Waals surface area (Å²) in [5.74, 6) is 0. The molecule has 0 saturated carbocycles. The lowest BCUT2D eigenvalue weighted by Gasteiger charge is -2.35. The first-order chi connectivity index (χ1) is 12.2. The third kappa shape index (κ3) is 5.57. The van der Waals surface area contributed by atoms with Crippen molar-refractivity contribution in [2.45, 2.75) is 6.54 Å². The number of halogens is 1. The van der Waals surface area contributed by atoms with Crippen LogP contribution in [0.5, 0.6) is 0 Å². The van der Waals surface area contributed by atoms with Crippen LogP contribution in [0.15, 0.2) is 24.3 Å². The van der Waals surface area contributed by atoms with E-state index >= 15 is 0 Å². The summed E-state index contributed by atoms with van der Waals surface area (Å²) in [7, 11) is 0. The van der Waals surface area contributed by atoms with Gasteiger partial charge in [-0.2, -0.15) is 0 Å². The van der Waals surface area contributed by atoms with Gasteiger partial charge in [0.2, 0.25) is 0 Å². The standard InChI is InChI=1S/C18H27ClN4O2/c19-17-4-2-1-3-16(17)15-22-7-9-23(10-8-22)18(24)20-5-6-21-11-13-25-14-12-21/h1-4H,5-15H2,(H,20,24). The van der Waals surface area contributed by atoms with E-state index in [4.69, 9.17) is 16.3 Å². The summed E-state index contributed by atoms with van der Waals surface area (Å²) in [5.41, 5.74) is 1.15. The summed E-state index contributed by atoms with van der Waals surface area (Å²) in [6.07, 6.45) is 0. The van der Waals surface area contributed by atoms with E-state index in [0.29, 0.717) is 6.54 Å². The highest BCUT2D eigenvalue weighted by Crippen LogP contribution is 2.17. The zero-order valence-corrected chi connectivity index (χ0v) is 15.4. The molecule has 0 unspecified atom stereocenters. The highest BCUT2D eigenvalue weighted by molar-refractivity contribution is 6.31. The molecule has 1 aromatic rings. The number of morpholine rings is 1. The van der Waals surface area contributed by atoms with E-state index in [1.807, 2.05) is 23.1 Å². The summed E-state index contributed by atoms with van der Waals surface area (Å²) < 4.78 is 5.33. The van der Waals surface area contributed by atoms with Gasteiger partial charge in [0, 0.05) is 63.9 Å². The fourth-order valence-electron chi connectivity index (χ4n) is 3.23. The summed E-state index contributed by atoms with van der Waals surface area (Å²) in [4.78, 5) is 18.9. The lowest BCUT2D eigenvalue weighted by atomic mass is 10.2. The van der Waals surface area contributed by atoms with E-state index in [2.05, 4.69) is 21.2 Å². The number of nitrogens with one attached hydrogen (secondary N) is 1. The van der Waals surface area contributed by atoms with Crippen molar-refractivity contribution in [1.82, 2.24) is 20.0 Å². The zero-order valence-electron chi connectivity index (χ0n) is 14.6. The minimum Gasteiger partial charge on any atom is -0.379 e. The smallest absolute Gasteiger partial charge is 0.317 e. The molecule has 0 atom stereocenters. The molecule has 0 spiro atoms. The van der Waals surface area contributed by atoms with Crippen LogP contribution < -0.4 is 5.32 Å². The Kier molecular flexibility index (Phi) is 6.93. The highest BCUT2D eigenvalue weighted by Gasteiger charge is 2.21. The molecule has 7 heteroatoms. The molecule has 25 heavy (non-hydrogen) atoms. The van der Waals surface area contributed by atoms with Crippen LogP contribution in [-0.2, 0) is 11.3 Å². The second-order valence-corrected chi connectivity index (χ2v) is 6.95. The van der Waals surface area contributed by atoms with Crippen LogP contribution in [0.1, 0.15) is 5.56 Å². The Labute approximate surface area is 154 Å². The van der Waals surface area contributed by atoms with Gasteiger partial charge in [-0.25, -0.2) is 4.79 Å². The quantitative estimate of drug-likeness (QED) is 0.858. The summed E-state index contributed by atoms with van der Waals surface area (Å²) in [5, 5.41) is 3.85. The van der Waals surface area contributed by atoms with Crippen LogP contribution in [-0.4, -0.2) is 86.3 Å². The van der Waals surface area contributed by atoms with Crippen molar-refractivity contribution in [2.75, 3.05) is 65.6 Å². The van der Waals surface area contributed by atoms with Crippen molar-refractivity contribution in [3.05, 3.63) is 34.9 Å². The number of piperazine rings is 1. The van der Waals surface area contributed by atoms with Crippen LogP contribution in [0.3, 0.4) is 0 Å². The molecule has 2 saturated heterocycles. The average Bonchev–Trinajstić information content (AvgIpc) is 2.65. The predicted molar refractivity (Wildman–Crippen MR) is 99.0 cm³/mol. The lowest BCUT2D eigenvalue weighted by Crippen LogP contribution is -2.52. The Morgan fingerprint density at radius 2 is 1.76 bits per heavy atom. The van der Waals surface area contributed by atoms with Gasteiger partial charge in [0.25, 0.3) is 0 Å². The molecule has 0 bridgehead atoms. The van der Waals surface area contributed by atoms with Gasteiger partial charge in [0.15, 0.2) is 0 Å². The van der Waals surface area contributed by atoms with Crippen molar-refractivity contribution in [2.24, 2.45) is 0 Å². The zero-order chi connectivity index (χ0) is 17.5. The Morgan fingerprint density at radius 3 is 2.48 bits per heavy atom. The Hall–Kier alpha value is -1.34. The van der Waals surface area contributed by atoms with Gasteiger partial charge in [0.1, 0.15) is 0 Å². The van der Waals surface area contributed by atoms with Crippen LogP contribution in [0, 0.1) is 0 Å². The van der Waals surface area contributed by atoms with Gasteiger partial charge in [0.05, 0.1) is 13.2 Å². The second-order valence-electron chi connectivity index (χ2n) is 6.54. The number of benzene rings is 1. The molecular weight excluding hydrogens is 340 g/mol. The molecule has 1 aromatic carbocycles. The molecule has 2 heterocycles. The molecule has 3 rings (SSSR count). The number of urea groups is 1. The van der Waals surface area contributed by atoms with Gasteiger partial charge in [-0.1, -0.05) is 29.8 Å². The number of carbonyl (C=O) groups excluding carboxylic acids is 1. The minimum atomic E-state index is 0.0469. The molecular formula is C18H27ClN4O2. The van der Waals surface area contributed by atoms with E-state index in [1.54, 1.807) is 0 Å². The molecule has 0 aromatic heterocycles. The van der Waals surface area contributed by atoms with Gasteiger partial charge in [-0.15, -0.1) is 0 Å². The molecule has 138 valence electrons. The molecule has 2 fully saturated rings. The first-order valence-electron chi connectivity index (χ1n) is 9.01. The number of rotatable bonds is 5. The topological polar surface area (TPSA) is 48.1 Å². The summed E-state index contributed by atoms with van der Waals surface area (Å²) in [6.45, 7) is 9.19. The van der Waals surface area contributed by atoms with E-state index in [9.17, 15) is 4.79 Å². The lowest BCUT2D eigenvalue weighted by molar-refractivity contribution is 0.0385. The Morgan fingerprint density at radius 1 is 1.04 bits per heavy atom. The maximum Gasteiger partial charge on any atom is 0.317 e. The van der Waals surface area contributed by atoms with Crippen LogP contribution in [0.25, 0.3) is 0 Å². The first-order valence-corrected chi connectivity index (χ1v) is 9.39. The monoisotopic (exact) mass is 366 g/mol. The predicted octanol–water partition coefficient (Wildman–Crippen LogP) is 1.50. The third-order valence-corrected chi connectivity index (χ3v) is 5.19. The van der Waals surface area contributed by atoms with Crippen molar-refractivity contribution < 1.29 is 9.53 Å². The molecule has 0 aliphatic carbocycles. The van der Waals surface area contributed by atoms with E-state index in [-0.39, 0.29) is 6.03 Å². The normalized spacial score (nSPS) is 19.8. The summed E-state index contributed by atoms with van der Waals surface area (Å²) in [6, 6.07) is 8.00. The van der Waals surface area contributed by atoms with Crippen molar-refractivity contribution in [3.8, 4) is 0 Å². The Bertz CT molecular complexity index is 558. The van der Waals surface area contributed by atoms with Crippen LogP contribution in [0.4, 0.5) is 4.79 Å². The number of carbonyl (C=O) groups is 1. The van der Waals surface area contributed by atoms with Gasteiger partial charge in [-0.05, 0) is 11.6 Å². The molecule has 2 aliphatic heterocycles. The molecule has 2 aliphatic rings. The average molecular weight is 367 g/mol. The number of nitrogens with zero attached hydrogens (tertiary/aromatic N) is 3. The van der Waals surface area contributed by atoms with Crippen LogP contribution >= 0.6 is 11.6 Å². The van der Waals surface area contributed by atoms with Crippen molar-refractivity contribution in [3.63, 3.8) is 0 Å². The van der Waals surface area contributed by atoms with Gasteiger partial charge < -0.3 is 15.0 Å². The third-order valence-electron chi connectivity index (χ3n) is 4.82. The summed E-state index contributed by atoms with van der Waals surface area (Å²) >= 11 is 6.23. The van der Waals surface area contributed by atoms with Gasteiger partial charge in [-0.3, -0.25) is 9.80 Å². The SMILES string of the molecule is O=C(NCCN1CCOCC1)N1CCN(Cc2ccccc2Cl)CC1. The molecule has 6 nitrogen and oxygen atoms in total. The van der Waals surface area contributed by atoms with Gasteiger partial charge >= 0.3 is 6.03 Å². The molecule has 2 amide bonds. The second kappa shape index (κ2) is 9.38. The maximum atomic E-state index is 12.3. The Balaban J connectivity index is 1.35. The highest BCUT2D eigenvalue weighted by atomic mass is 35.5. The number of amides is 2. The van der Waals surface area contributed by atoms with Crippen molar-refractivity contribution >= 4 is 17.6 Å². The number of hydrogen-bond acceptors (Lipinski definition) is 4. The maximum absolute atomic E-state index is 12.3. The minimum absolute atomic E-state index is 0.0469. The fraction of sp³-hybridized carbons (Fsp3) is 0.611. The number of hydrogen-bond donors (Lipinski definition) is 1. The van der Waals surface area contributed by atoms with E-state index < -0.39 is 0 Å². The number of ether oxygens (including phenoxy) is 1. The molecule has 0 radical (unpaired) electrons. The largest absolute Gasteiger partial charge is 0.379 e. The molecule has 1 N–H and O–H groups in total. The van der Waals surface area contributed by atoms with E-state index in [1.165, 1.54) is 0 Å². The van der Waals surface area contributed by atoms with Crippen LogP contribution in [0.2, 0.25) is 5.02 Å². The fourth-order valence-corrected chi connectivity index (χ4v) is 3.43.